The third-order valence-corrected chi connectivity index (χ3v) is 5.36. The first-order chi connectivity index (χ1) is 14.8. The fourth-order valence-electron chi connectivity index (χ4n) is 3.39. The second-order valence-electron chi connectivity index (χ2n) is 7.24. The summed E-state index contributed by atoms with van der Waals surface area (Å²) >= 11 is 5.91. The van der Waals surface area contributed by atoms with Gasteiger partial charge in [-0.2, -0.15) is 0 Å². The Morgan fingerprint density at radius 1 is 1.03 bits per heavy atom. The van der Waals surface area contributed by atoms with E-state index in [0.29, 0.717) is 5.56 Å². The summed E-state index contributed by atoms with van der Waals surface area (Å²) in [5.74, 6) is -1.54. The summed E-state index contributed by atoms with van der Waals surface area (Å²) < 4.78 is 4.89. The van der Waals surface area contributed by atoms with Crippen LogP contribution in [-0.4, -0.2) is 29.2 Å². The Labute approximate surface area is 183 Å². The van der Waals surface area contributed by atoms with Crippen LogP contribution < -0.4 is 5.32 Å². The third kappa shape index (κ3) is 6.11. The van der Waals surface area contributed by atoms with Crippen molar-refractivity contribution >= 4 is 40.6 Å². The number of nitrogens with zero attached hydrogens (tertiary/aromatic N) is 1. The number of rotatable bonds is 8. The minimum atomic E-state index is -0.697. The normalized spacial score (nSPS) is 12.5. The molecule has 0 fully saturated rings. The summed E-state index contributed by atoms with van der Waals surface area (Å²) in [6.45, 7) is -0.592. The Bertz CT molecular complexity index is 1040. The quantitative estimate of drug-likeness (QED) is 0.281. The number of ketones is 1. The van der Waals surface area contributed by atoms with Gasteiger partial charge in [-0.05, 0) is 48.9 Å². The lowest BCUT2D eigenvalue weighted by Gasteiger charge is -2.16. The predicted molar refractivity (Wildman–Crippen MR) is 114 cm³/mol. The number of ether oxygens (including phenoxy) is 1. The van der Waals surface area contributed by atoms with Crippen molar-refractivity contribution in [1.82, 2.24) is 0 Å². The van der Waals surface area contributed by atoms with Gasteiger partial charge in [0, 0.05) is 24.1 Å². The summed E-state index contributed by atoms with van der Waals surface area (Å²) in [5.41, 5.74) is 2.84. The molecule has 0 saturated heterocycles. The fourth-order valence-corrected chi connectivity index (χ4v) is 3.56. The molecule has 0 aromatic heterocycles. The van der Waals surface area contributed by atoms with Crippen LogP contribution in [0.15, 0.2) is 36.4 Å². The van der Waals surface area contributed by atoms with Crippen molar-refractivity contribution < 1.29 is 24.0 Å². The van der Waals surface area contributed by atoms with Gasteiger partial charge in [0.15, 0.2) is 12.4 Å². The Kier molecular flexibility index (Phi) is 7.36. The van der Waals surface area contributed by atoms with Crippen LogP contribution >= 0.6 is 11.6 Å². The van der Waals surface area contributed by atoms with E-state index in [1.54, 1.807) is 6.07 Å². The number of non-ortho nitro benzene ring substituents is 1. The van der Waals surface area contributed by atoms with Gasteiger partial charge in [-0.15, -0.1) is 0 Å². The average Bonchev–Trinajstić information content (AvgIpc) is 2.77. The summed E-state index contributed by atoms with van der Waals surface area (Å²) in [4.78, 5) is 46.5. The molecular formula is C22H21ClN2O6. The number of fused-ring (bicyclic) bond motifs is 1. The number of anilines is 1. The van der Waals surface area contributed by atoms with E-state index in [-0.39, 0.29) is 35.0 Å². The van der Waals surface area contributed by atoms with Crippen LogP contribution in [0.4, 0.5) is 11.4 Å². The molecule has 162 valence electrons. The standard InChI is InChI=1S/C22H21ClN2O6/c23-18-8-7-17(25(29)30)12-19(18)24-21(27)13-31-22(28)10-9-20(26)16-6-5-14-3-1-2-4-15(14)11-16/h5-8,11-12H,1-4,9-10,13H2,(H,24,27). The minimum Gasteiger partial charge on any atom is -0.456 e. The smallest absolute Gasteiger partial charge is 0.306 e. The zero-order chi connectivity index (χ0) is 22.4. The van der Waals surface area contributed by atoms with Crippen LogP contribution in [0.5, 0.6) is 0 Å². The molecule has 0 radical (unpaired) electrons. The number of esters is 1. The lowest BCUT2D eigenvalue weighted by molar-refractivity contribution is -0.384. The molecule has 0 spiro atoms. The molecule has 1 N–H and O–H groups in total. The first-order valence-electron chi connectivity index (χ1n) is 9.88. The van der Waals surface area contributed by atoms with Gasteiger partial charge in [-0.3, -0.25) is 24.5 Å². The summed E-state index contributed by atoms with van der Waals surface area (Å²) in [5, 5.41) is 13.3. The molecule has 0 aliphatic heterocycles. The topological polar surface area (TPSA) is 116 Å². The van der Waals surface area contributed by atoms with Gasteiger partial charge >= 0.3 is 5.97 Å². The number of carbonyl (C=O) groups excluding carboxylic acids is 3. The zero-order valence-electron chi connectivity index (χ0n) is 16.7. The van der Waals surface area contributed by atoms with Crippen LogP contribution in [0.25, 0.3) is 0 Å². The van der Waals surface area contributed by atoms with Gasteiger partial charge in [0.2, 0.25) is 0 Å². The predicted octanol–water partition coefficient (Wildman–Crippen LogP) is 4.27. The Morgan fingerprint density at radius 2 is 1.77 bits per heavy atom. The van der Waals surface area contributed by atoms with Crippen molar-refractivity contribution in [3.8, 4) is 0 Å². The molecule has 0 saturated carbocycles. The number of nitrogens with one attached hydrogen (secondary N) is 1. The van der Waals surface area contributed by atoms with Crippen molar-refractivity contribution in [3.63, 3.8) is 0 Å². The third-order valence-electron chi connectivity index (χ3n) is 5.03. The highest BCUT2D eigenvalue weighted by Gasteiger charge is 2.16. The van der Waals surface area contributed by atoms with E-state index in [9.17, 15) is 24.5 Å². The summed E-state index contributed by atoms with van der Waals surface area (Å²) in [7, 11) is 0. The van der Waals surface area contributed by atoms with Crippen molar-refractivity contribution in [3.05, 3.63) is 68.2 Å². The number of halogens is 1. The number of amides is 1. The summed E-state index contributed by atoms with van der Waals surface area (Å²) in [6.07, 6.45) is 4.09. The van der Waals surface area contributed by atoms with Crippen molar-refractivity contribution in [1.29, 1.82) is 0 Å². The molecule has 3 rings (SSSR count). The maximum absolute atomic E-state index is 12.4. The minimum absolute atomic E-state index is 0.0179. The van der Waals surface area contributed by atoms with Crippen molar-refractivity contribution in [2.24, 2.45) is 0 Å². The second-order valence-corrected chi connectivity index (χ2v) is 7.65. The van der Waals surface area contributed by atoms with Crippen LogP contribution in [0.1, 0.15) is 47.2 Å². The van der Waals surface area contributed by atoms with Gasteiger partial charge in [0.05, 0.1) is 22.1 Å². The molecule has 0 atom stereocenters. The highest BCUT2D eigenvalue weighted by Crippen LogP contribution is 2.26. The first-order valence-corrected chi connectivity index (χ1v) is 10.3. The van der Waals surface area contributed by atoms with Crippen LogP contribution in [0.2, 0.25) is 5.02 Å². The number of aryl methyl sites for hydroxylation is 2. The SMILES string of the molecule is O=C(COC(=O)CCC(=O)c1ccc2c(c1)CCCC2)Nc1cc([N+](=O)[O-])ccc1Cl. The Hall–Kier alpha value is -3.26. The molecule has 0 unspecified atom stereocenters. The second kappa shape index (κ2) is 10.2. The molecule has 2 aromatic rings. The number of nitro benzene ring substituents is 1. The molecule has 1 amide bonds. The van der Waals surface area contributed by atoms with Crippen LogP contribution in [0, 0.1) is 10.1 Å². The van der Waals surface area contributed by atoms with E-state index in [1.165, 1.54) is 23.3 Å². The number of nitro groups is 1. The largest absolute Gasteiger partial charge is 0.456 e. The van der Waals surface area contributed by atoms with Crippen LogP contribution in [-0.2, 0) is 27.2 Å². The van der Waals surface area contributed by atoms with Gasteiger partial charge in [-0.1, -0.05) is 23.7 Å². The highest BCUT2D eigenvalue weighted by molar-refractivity contribution is 6.33. The number of Topliss-reactive ketones (excluding diaryl/α,β-unsaturated/α-hetero) is 1. The van der Waals surface area contributed by atoms with Crippen molar-refractivity contribution in [2.75, 3.05) is 11.9 Å². The molecule has 0 bridgehead atoms. The van der Waals surface area contributed by atoms with E-state index >= 15 is 0 Å². The molecular weight excluding hydrogens is 424 g/mol. The maximum Gasteiger partial charge on any atom is 0.306 e. The van der Waals surface area contributed by atoms with E-state index in [1.807, 2.05) is 12.1 Å². The lowest BCUT2D eigenvalue weighted by Crippen LogP contribution is -2.21. The molecule has 2 aromatic carbocycles. The molecule has 1 aliphatic rings. The average molecular weight is 445 g/mol. The van der Waals surface area contributed by atoms with Crippen LogP contribution in [0.3, 0.4) is 0 Å². The number of carbonyl (C=O) groups is 3. The maximum atomic E-state index is 12.4. The number of benzene rings is 2. The van der Waals surface area contributed by atoms with E-state index < -0.39 is 23.4 Å². The van der Waals surface area contributed by atoms with Gasteiger partial charge in [0.1, 0.15) is 0 Å². The molecule has 31 heavy (non-hydrogen) atoms. The summed E-state index contributed by atoms with van der Waals surface area (Å²) in [6, 6.07) is 9.26. The van der Waals surface area contributed by atoms with Gasteiger partial charge in [-0.25, -0.2) is 0 Å². The highest BCUT2D eigenvalue weighted by atomic mass is 35.5. The molecule has 8 nitrogen and oxygen atoms in total. The monoisotopic (exact) mass is 444 g/mol. The molecule has 1 aliphatic carbocycles. The molecule has 0 heterocycles. The Morgan fingerprint density at radius 3 is 2.52 bits per heavy atom. The van der Waals surface area contributed by atoms with Crippen molar-refractivity contribution in [2.45, 2.75) is 38.5 Å². The van der Waals surface area contributed by atoms with E-state index in [0.717, 1.165) is 31.7 Å². The van der Waals surface area contributed by atoms with Gasteiger partial charge < -0.3 is 10.1 Å². The number of hydrogen-bond donors (Lipinski definition) is 1. The Balaban J connectivity index is 1.46. The fraction of sp³-hybridized carbons (Fsp3) is 0.318. The number of hydrogen-bond acceptors (Lipinski definition) is 6. The zero-order valence-corrected chi connectivity index (χ0v) is 17.4. The van der Waals surface area contributed by atoms with E-state index in [2.05, 4.69) is 5.32 Å². The first kappa shape index (κ1) is 22.4. The van der Waals surface area contributed by atoms with Gasteiger partial charge in [0.25, 0.3) is 11.6 Å². The van der Waals surface area contributed by atoms with E-state index in [4.69, 9.17) is 16.3 Å². The molecule has 9 heteroatoms. The lowest BCUT2D eigenvalue weighted by atomic mass is 9.89.